The van der Waals surface area contributed by atoms with Crippen molar-refractivity contribution in [2.24, 2.45) is 12.0 Å². The second-order valence-corrected chi connectivity index (χ2v) is 10.6. The van der Waals surface area contributed by atoms with E-state index < -0.39 is 12.0 Å². The highest BCUT2D eigenvalue weighted by atomic mass is 32.2. The molecular formula is C26H29N3O3S2. The second-order valence-electron chi connectivity index (χ2n) is 8.69. The number of aryl methyl sites for hydroxylation is 1. The lowest BCUT2D eigenvalue weighted by molar-refractivity contribution is -0.143. The molecule has 0 N–H and O–H groups in total. The summed E-state index contributed by atoms with van der Waals surface area (Å²) in [4.78, 5) is 33.2. The lowest BCUT2D eigenvalue weighted by Crippen LogP contribution is -2.40. The largest absolute Gasteiger partial charge is 0.459 e. The van der Waals surface area contributed by atoms with Crippen LogP contribution >= 0.6 is 23.1 Å². The van der Waals surface area contributed by atoms with Crippen LogP contribution < -0.4 is 14.9 Å². The van der Waals surface area contributed by atoms with Crippen molar-refractivity contribution in [1.82, 2.24) is 9.13 Å². The summed E-state index contributed by atoms with van der Waals surface area (Å²) in [6.45, 7) is 9.52. The molecule has 8 heteroatoms. The first-order valence-corrected chi connectivity index (χ1v) is 13.2. The summed E-state index contributed by atoms with van der Waals surface area (Å²) < 4.78 is 9.89. The molecule has 34 heavy (non-hydrogen) atoms. The fourth-order valence-electron chi connectivity index (χ4n) is 4.13. The monoisotopic (exact) mass is 495 g/mol. The molecular weight excluding hydrogens is 466 g/mol. The van der Waals surface area contributed by atoms with Crippen LogP contribution in [-0.2, 0) is 16.6 Å². The van der Waals surface area contributed by atoms with Crippen LogP contribution in [-0.4, -0.2) is 27.5 Å². The van der Waals surface area contributed by atoms with E-state index in [0.717, 1.165) is 27.4 Å². The number of rotatable bonds is 5. The number of thiazole rings is 1. The van der Waals surface area contributed by atoms with Gasteiger partial charge in [0.25, 0.3) is 5.56 Å². The molecule has 6 nitrogen and oxygen atoms in total. The van der Waals surface area contributed by atoms with E-state index >= 15 is 0 Å². The average molecular weight is 496 g/mol. The van der Waals surface area contributed by atoms with Gasteiger partial charge in [0.2, 0.25) is 0 Å². The first kappa shape index (κ1) is 24.3. The normalized spacial score (nSPS) is 16.1. The smallest absolute Gasteiger partial charge is 0.338 e. The fourth-order valence-corrected chi connectivity index (χ4v) is 5.58. The van der Waals surface area contributed by atoms with Crippen LogP contribution in [0.25, 0.3) is 6.08 Å². The Balaban J connectivity index is 1.95. The van der Waals surface area contributed by atoms with Gasteiger partial charge in [-0.25, -0.2) is 9.79 Å². The van der Waals surface area contributed by atoms with Gasteiger partial charge < -0.3 is 9.30 Å². The van der Waals surface area contributed by atoms with Gasteiger partial charge in [0.05, 0.1) is 27.9 Å². The molecule has 178 valence electrons. The van der Waals surface area contributed by atoms with E-state index in [-0.39, 0.29) is 11.7 Å². The van der Waals surface area contributed by atoms with Gasteiger partial charge in [-0.2, -0.15) is 0 Å². The first-order chi connectivity index (χ1) is 16.1. The number of esters is 1. The number of allylic oxidation sites excluding steroid dienone is 1. The van der Waals surface area contributed by atoms with Crippen molar-refractivity contribution in [3.05, 3.63) is 83.8 Å². The van der Waals surface area contributed by atoms with Crippen LogP contribution in [0.3, 0.4) is 0 Å². The van der Waals surface area contributed by atoms with Gasteiger partial charge in [0.15, 0.2) is 4.80 Å². The summed E-state index contributed by atoms with van der Waals surface area (Å²) in [6.07, 6.45) is 3.66. The van der Waals surface area contributed by atoms with Gasteiger partial charge in [-0.05, 0) is 76.3 Å². The maximum absolute atomic E-state index is 13.7. The van der Waals surface area contributed by atoms with Crippen molar-refractivity contribution in [3.8, 4) is 0 Å². The Kier molecular flexibility index (Phi) is 6.73. The summed E-state index contributed by atoms with van der Waals surface area (Å²) in [6, 6.07) is 9.43. The third kappa shape index (κ3) is 4.32. The number of thioether (sulfide) groups is 1. The third-order valence-electron chi connectivity index (χ3n) is 6.12. The number of fused-ring (bicyclic) bond motifs is 1. The van der Waals surface area contributed by atoms with E-state index in [9.17, 15) is 9.59 Å². The first-order valence-electron chi connectivity index (χ1n) is 11.1. The molecule has 0 radical (unpaired) electrons. The van der Waals surface area contributed by atoms with Gasteiger partial charge in [-0.3, -0.25) is 9.36 Å². The van der Waals surface area contributed by atoms with Crippen LogP contribution in [0.1, 0.15) is 49.3 Å². The molecule has 0 unspecified atom stereocenters. The standard InChI is InChI=1S/C26H29N3O3S2/c1-14(2)32-25(31)22-16(4)27-26-29(23(22)18-8-10-20(33-7)11-9-18)24(30)21(34-26)13-19-12-15(3)28(6)17(19)5/h8-14,23H,1-7H3/b21-13+/t23-/m0/s1. The molecule has 0 saturated heterocycles. The van der Waals surface area contributed by atoms with E-state index in [1.165, 1.54) is 11.3 Å². The SMILES string of the molecule is CSc1ccc([C@H]2C(C(=O)OC(C)C)=C(C)N=c3s/c(=C/c4cc(C)n(C)c4C)c(=O)n32)cc1. The molecule has 0 saturated carbocycles. The predicted molar refractivity (Wildman–Crippen MR) is 138 cm³/mol. The molecule has 3 aromatic rings. The number of hydrogen-bond acceptors (Lipinski definition) is 6. The average Bonchev–Trinajstić information content (AvgIpc) is 3.22. The van der Waals surface area contributed by atoms with Crippen LogP contribution in [0, 0.1) is 13.8 Å². The summed E-state index contributed by atoms with van der Waals surface area (Å²) in [5.41, 5.74) is 4.87. The molecule has 0 amide bonds. The van der Waals surface area contributed by atoms with Gasteiger partial charge in [0.1, 0.15) is 0 Å². The molecule has 0 fully saturated rings. The number of aromatic nitrogens is 2. The van der Waals surface area contributed by atoms with Crippen molar-refractivity contribution in [2.45, 2.75) is 51.7 Å². The Morgan fingerprint density at radius 3 is 2.44 bits per heavy atom. The van der Waals surface area contributed by atoms with Crippen LogP contribution in [0.4, 0.5) is 0 Å². The zero-order valence-corrected chi connectivity index (χ0v) is 22.1. The Morgan fingerprint density at radius 1 is 1.21 bits per heavy atom. The zero-order valence-electron chi connectivity index (χ0n) is 20.5. The molecule has 2 aromatic heterocycles. The summed E-state index contributed by atoms with van der Waals surface area (Å²) in [5, 5.41) is 0. The number of ether oxygens (including phenoxy) is 1. The minimum absolute atomic E-state index is 0.161. The van der Waals surface area contributed by atoms with Crippen LogP contribution in [0.5, 0.6) is 0 Å². The maximum atomic E-state index is 13.7. The fraction of sp³-hybridized carbons (Fsp3) is 0.346. The third-order valence-corrected chi connectivity index (χ3v) is 7.84. The molecule has 0 spiro atoms. The Morgan fingerprint density at radius 2 is 1.88 bits per heavy atom. The second kappa shape index (κ2) is 9.43. The molecule has 4 rings (SSSR count). The molecule has 1 atom stereocenters. The number of nitrogens with zero attached hydrogens (tertiary/aromatic N) is 3. The van der Waals surface area contributed by atoms with Gasteiger partial charge in [-0.1, -0.05) is 23.5 Å². The van der Waals surface area contributed by atoms with E-state index in [1.807, 2.05) is 78.3 Å². The van der Waals surface area contributed by atoms with E-state index in [1.54, 1.807) is 16.3 Å². The lowest BCUT2D eigenvalue weighted by atomic mass is 9.96. The highest BCUT2D eigenvalue weighted by Gasteiger charge is 2.33. The quantitative estimate of drug-likeness (QED) is 0.398. The molecule has 1 aliphatic heterocycles. The molecule has 1 aliphatic rings. The van der Waals surface area contributed by atoms with Crippen molar-refractivity contribution < 1.29 is 9.53 Å². The predicted octanol–water partition coefficient (Wildman–Crippen LogP) is 3.86. The van der Waals surface area contributed by atoms with Crippen molar-refractivity contribution in [2.75, 3.05) is 6.26 Å². The van der Waals surface area contributed by atoms with Gasteiger partial charge in [0, 0.05) is 23.3 Å². The highest BCUT2D eigenvalue weighted by molar-refractivity contribution is 7.98. The Labute approximate surface area is 207 Å². The van der Waals surface area contributed by atoms with E-state index in [2.05, 4.69) is 15.6 Å². The summed E-state index contributed by atoms with van der Waals surface area (Å²) >= 11 is 2.99. The topological polar surface area (TPSA) is 65.6 Å². The minimum Gasteiger partial charge on any atom is -0.459 e. The molecule has 3 heterocycles. The molecule has 0 bridgehead atoms. The molecule has 0 aliphatic carbocycles. The van der Waals surface area contributed by atoms with Gasteiger partial charge in [-0.15, -0.1) is 11.8 Å². The molecule has 1 aromatic carbocycles. The maximum Gasteiger partial charge on any atom is 0.338 e. The Hall–Kier alpha value is -2.84. The van der Waals surface area contributed by atoms with Crippen molar-refractivity contribution in [3.63, 3.8) is 0 Å². The lowest BCUT2D eigenvalue weighted by Gasteiger charge is -2.25. The van der Waals surface area contributed by atoms with Crippen molar-refractivity contribution >= 4 is 35.1 Å². The summed E-state index contributed by atoms with van der Waals surface area (Å²) in [7, 11) is 2.01. The minimum atomic E-state index is -0.598. The summed E-state index contributed by atoms with van der Waals surface area (Å²) in [5.74, 6) is -0.445. The zero-order chi connectivity index (χ0) is 24.7. The van der Waals surface area contributed by atoms with Crippen LogP contribution in [0.15, 0.2) is 56.3 Å². The number of carbonyl (C=O) groups excluding carboxylic acids is 1. The number of hydrogen-bond donors (Lipinski definition) is 0. The Bertz CT molecular complexity index is 1470. The highest BCUT2D eigenvalue weighted by Crippen LogP contribution is 2.32. The number of carbonyl (C=O) groups is 1. The van der Waals surface area contributed by atoms with Crippen molar-refractivity contribution in [1.29, 1.82) is 0 Å². The van der Waals surface area contributed by atoms with E-state index in [4.69, 9.17) is 4.74 Å². The van der Waals surface area contributed by atoms with Crippen LogP contribution in [0.2, 0.25) is 0 Å². The number of benzene rings is 1. The van der Waals surface area contributed by atoms with Gasteiger partial charge >= 0.3 is 5.97 Å². The van der Waals surface area contributed by atoms with E-state index in [0.29, 0.717) is 20.6 Å².